The number of nitrogens with two attached hydrogens (primary N) is 1. The number of carbonyl (C=O) groups is 2. The summed E-state index contributed by atoms with van der Waals surface area (Å²) in [4.78, 5) is 17.8. The number of hydrogen-bond donors (Lipinski definition) is 3. The second-order valence-corrected chi connectivity index (χ2v) is 0.712. The molecule has 9 heavy (non-hydrogen) atoms. The first-order valence-corrected chi connectivity index (χ1v) is 1.68. The highest BCUT2D eigenvalue weighted by Crippen LogP contribution is 1.48. The quantitative estimate of drug-likeness (QED) is 0.331. The maximum atomic E-state index is 9.47. The number of carbonyl (C=O) groups excluding carboxylic acids is 1. The van der Waals surface area contributed by atoms with E-state index in [0.717, 1.165) is 6.08 Å². The van der Waals surface area contributed by atoms with Crippen LogP contribution in [0, 0.1) is 0 Å². The Morgan fingerprint density at radius 2 is 1.78 bits per heavy atom. The topological polar surface area (TPSA) is 115 Å². The van der Waals surface area contributed by atoms with E-state index < -0.39 is 5.91 Å². The number of carboxylic acid groups (broad SMARTS) is 1. The fraction of sp³-hybridized carbons (Fsp3) is 0. The molecule has 0 aliphatic heterocycles. The molecule has 5 heteroatoms. The van der Waals surface area contributed by atoms with Gasteiger partial charge in [0.15, 0.2) is 0 Å². The molecule has 0 aromatic carbocycles. The normalized spacial score (nSPS) is 4.89. The van der Waals surface area contributed by atoms with Crippen LogP contribution in [0.15, 0.2) is 12.7 Å². The van der Waals surface area contributed by atoms with Crippen LogP contribution in [0.3, 0.4) is 0 Å². The van der Waals surface area contributed by atoms with Crippen molar-refractivity contribution in [1.82, 2.24) is 6.15 Å². The molecule has 5 nitrogen and oxygen atoms in total. The highest BCUT2D eigenvalue weighted by molar-refractivity contribution is 5.84. The van der Waals surface area contributed by atoms with Crippen molar-refractivity contribution in [3.8, 4) is 0 Å². The van der Waals surface area contributed by atoms with Gasteiger partial charge in [0, 0.05) is 0 Å². The molecule has 0 unspecified atom stereocenters. The zero-order chi connectivity index (χ0) is 6.99. The molecule has 0 aromatic heterocycles. The molecular weight excluding hydrogens is 124 g/mol. The molecule has 6 N–H and O–H groups in total. The van der Waals surface area contributed by atoms with E-state index in [1.807, 2.05) is 0 Å². The lowest BCUT2D eigenvalue weighted by Gasteiger charge is -1.65. The largest absolute Gasteiger partial charge is 0.483 e. The van der Waals surface area contributed by atoms with E-state index in [9.17, 15) is 4.79 Å². The molecule has 54 valence electrons. The van der Waals surface area contributed by atoms with Crippen LogP contribution in [-0.4, -0.2) is 17.5 Å². The van der Waals surface area contributed by atoms with Crippen molar-refractivity contribution in [1.29, 1.82) is 0 Å². The first kappa shape index (κ1) is 15.6. The minimum atomic E-state index is -0.481. The molecule has 0 aliphatic rings. The molecule has 0 atom stereocenters. The van der Waals surface area contributed by atoms with Crippen molar-refractivity contribution in [2.24, 2.45) is 5.73 Å². The van der Waals surface area contributed by atoms with Gasteiger partial charge in [-0.1, -0.05) is 6.58 Å². The molecular formula is C4H10N2O3. The smallest absolute Gasteiger partial charge is 0.290 e. The molecule has 0 spiro atoms. The van der Waals surface area contributed by atoms with Crippen molar-refractivity contribution in [3.05, 3.63) is 12.7 Å². The van der Waals surface area contributed by atoms with Crippen LogP contribution < -0.4 is 11.9 Å². The van der Waals surface area contributed by atoms with E-state index in [0.29, 0.717) is 0 Å². The average Bonchev–Trinajstić information content (AvgIpc) is 1.69. The number of primary amides is 1. The van der Waals surface area contributed by atoms with Crippen molar-refractivity contribution < 1.29 is 14.7 Å². The van der Waals surface area contributed by atoms with E-state index in [1.54, 1.807) is 0 Å². The highest BCUT2D eigenvalue weighted by Gasteiger charge is 1.69. The van der Waals surface area contributed by atoms with Crippen molar-refractivity contribution in [2.45, 2.75) is 0 Å². The fourth-order valence-electron chi connectivity index (χ4n) is 0. The van der Waals surface area contributed by atoms with Crippen molar-refractivity contribution in [2.75, 3.05) is 0 Å². The monoisotopic (exact) mass is 134 g/mol. The summed E-state index contributed by atoms with van der Waals surface area (Å²) in [6, 6.07) is 0. The summed E-state index contributed by atoms with van der Waals surface area (Å²) in [6.45, 7) is 2.84. The minimum Gasteiger partial charge on any atom is -0.483 e. The molecule has 0 radical (unpaired) electrons. The van der Waals surface area contributed by atoms with Gasteiger partial charge in [-0.2, -0.15) is 0 Å². The Balaban J connectivity index is -0.0000000800. The molecule has 1 amide bonds. The van der Waals surface area contributed by atoms with Gasteiger partial charge in [0.05, 0.1) is 0 Å². The lowest BCUT2D eigenvalue weighted by atomic mass is 10.6. The molecule has 0 saturated heterocycles. The zero-order valence-electron chi connectivity index (χ0n) is 4.91. The lowest BCUT2D eigenvalue weighted by molar-refractivity contribution is -0.122. The standard InChI is InChI=1S/C3H5NO.CH2O2.H3N/c1-2-3(4)5;2-1-3;/h2H,1H2,(H2,4,5);1H,(H,2,3);1H3. The zero-order valence-corrected chi connectivity index (χ0v) is 4.91. The van der Waals surface area contributed by atoms with Gasteiger partial charge in [0.2, 0.25) is 5.91 Å². The van der Waals surface area contributed by atoms with Crippen LogP contribution in [-0.2, 0) is 9.59 Å². The molecule has 0 saturated carbocycles. The summed E-state index contributed by atoms with van der Waals surface area (Å²) < 4.78 is 0. The first-order valence-electron chi connectivity index (χ1n) is 1.68. The lowest BCUT2D eigenvalue weighted by Crippen LogP contribution is -2.04. The van der Waals surface area contributed by atoms with Crippen molar-refractivity contribution >= 4 is 12.4 Å². The van der Waals surface area contributed by atoms with Gasteiger partial charge in [-0.3, -0.25) is 9.59 Å². The molecule has 0 aliphatic carbocycles. The molecule has 0 aromatic rings. The predicted molar refractivity (Wildman–Crippen MR) is 33.1 cm³/mol. The van der Waals surface area contributed by atoms with Crippen LogP contribution in [0.4, 0.5) is 0 Å². The Morgan fingerprint density at radius 3 is 1.78 bits per heavy atom. The fourth-order valence-corrected chi connectivity index (χ4v) is 0. The Labute approximate surface area is 52.7 Å². The first-order chi connectivity index (χ1) is 3.68. The summed E-state index contributed by atoms with van der Waals surface area (Å²) in [6.07, 6.45) is 1.06. The van der Waals surface area contributed by atoms with Crippen LogP contribution in [0.5, 0.6) is 0 Å². The third kappa shape index (κ3) is 349. The summed E-state index contributed by atoms with van der Waals surface area (Å²) in [5, 5.41) is 6.89. The van der Waals surface area contributed by atoms with E-state index >= 15 is 0 Å². The van der Waals surface area contributed by atoms with Gasteiger partial charge in [0.1, 0.15) is 0 Å². The highest BCUT2D eigenvalue weighted by atomic mass is 16.3. The third-order valence-corrected chi connectivity index (χ3v) is 0.201. The number of amides is 1. The Bertz CT molecular complexity index is 91.8. The second-order valence-electron chi connectivity index (χ2n) is 0.712. The van der Waals surface area contributed by atoms with Crippen molar-refractivity contribution in [3.63, 3.8) is 0 Å². The van der Waals surface area contributed by atoms with Gasteiger partial charge >= 0.3 is 0 Å². The van der Waals surface area contributed by atoms with E-state index in [4.69, 9.17) is 9.90 Å². The Hall–Kier alpha value is -1.36. The number of hydrogen-bond acceptors (Lipinski definition) is 3. The Morgan fingerprint density at radius 1 is 1.67 bits per heavy atom. The van der Waals surface area contributed by atoms with E-state index in [1.165, 1.54) is 0 Å². The van der Waals surface area contributed by atoms with Crippen LogP contribution >= 0.6 is 0 Å². The SMILES string of the molecule is C=CC(N)=O.N.O=CO. The van der Waals surface area contributed by atoms with Gasteiger partial charge < -0.3 is 17.0 Å². The van der Waals surface area contributed by atoms with Crippen LogP contribution in [0.1, 0.15) is 0 Å². The van der Waals surface area contributed by atoms with Gasteiger partial charge in [0.25, 0.3) is 6.47 Å². The maximum absolute atomic E-state index is 9.47. The van der Waals surface area contributed by atoms with Crippen LogP contribution in [0.2, 0.25) is 0 Å². The van der Waals surface area contributed by atoms with Gasteiger partial charge in [-0.15, -0.1) is 0 Å². The summed E-state index contributed by atoms with van der Waals surface area (Å²) >= 11 is 0. The predicted octanol–water partition coefficient (Wildman–Crippen LogP) is -0.479. The number of rotatable bonds is 1. The maximum Gasteiger partial charge on any atom is 0.290 e. The third-order valence-electron chi connectivity index (χ3n) is 0.201. The summed E-state index contributed by atoms with van der Waals surface area (Å²) in [5.41, 5.74) is 4.53. The molecule has 0 heterocycles. The molecule has 0 rings (SSSR count). The van der Waals surface area contributed by atoms with Gasteiger partial charge in [-0.25, -0.2) is 0 Å². The second kappa shape index (κ2) is 15.9. The Kier molecular flexibility index (Phi) is 27.7. The van der Waals surface area contributed by atoms with E-state index in [-0.39, 0.29) is 12.6 Å². The van der Waals surface area contributed by atoms with Gasteiger partial charge in [-0.05, 0) is 6.08 Å². The van der Waals surface area contributed by atoms with Crippen LogP contribution in [0.25, 0.3) is 0 Å². The molecule has 0 bridgehead atoms. The van der Waals surface area contributed by atoms with E-state index in [2.05, 4.69) is 12.3 Å². The molecule has 0 fully saturated rings. The summed E-state index contributed by atoms with van der Waals surface area (Å²) in [5.74, 6) is -0.481. The minimum absolute atomic E-state index is 0. The summed E-state index contributed by atoms with van der Waals surface area (Å²) in [7, 11) is 0. The average molecular weight is 134 g/mol.